The van der Waals surface area contributed by atoms with Gasteiger partial charge in [0.2, 0.25) is 11.8 Å². The zero-order valence-electron chi connectivity index (χ0n) is 21.7. The van der Waals surface area contributed by atoms with Crippen LogP contribution < -0.4 is 4.74 Å². The predicted octanol–water partition coefficient (Wildman–Crippen LogP) is 3.82. The third kappa shape index (κ3) is 3.90. The smallest absolute Gasteiger partial charge is 0.233 e. The van der Waals surface area contributed by atoms with Crippen LogP contribution in [0.1, 0.15) is 63.4 Å². The molecule has 1 saturated heterocycles. The van der Waals surface area contributed by atoms with Crippen molar-refractivity contribution < 1.29 is 29.0 Å². The van der Waals surface area contributed by atoms with Crippen LogP contribution in [-0.2, 0) is 19.2 Å². The summed E-state index contributed by atoms with van der Waals surface area (Å²) in [5, 5.41) is 9.07. The van der Waals surface area contributed by atoms with Gasteiger partial charge in [-0.05, 0) is 62.3 Å². The molecule has 1 saturated carbocycles. The molecule has 1 N–H and O–H groups in total. The molecule has 0 spiro atoms. The van der Waals surface area contributed by atoms with E-state index in [2.05, 4.69) is 6.08 Å². The second-order valence-corrected chi connectivity index (χ2v) is 11.2. The monoisotopic (exact) mass is 515 g/mol. The Balaban J connectivity index is 1.41. The van der Waals surface area contributed by atoms with Crippen molar-refractivity contribution >= 4 is 23.4 Å². The summed E-state index contributed by atoms with van der Waals surface area (Å²) in [6.45, 7) is 1.75. The van der Waals surface area contributed by atoms with Crippen LogP contribution in [0.2, 0.25) is 0 Å². The Labute approximate surface area is 222 Å². The summed E-state index contributed by atoms with van der Waals surface area (Å²) in [7, 11) is 0. The molecular weight excluding hydrogens is 482 g/mol. The summed E-state index contributed by atoms with van der Waals surface area (Å²) in [4.78, 5) is 55.8. The highest BCUT2D eigenvalue weighted by Crippen LogP contribution is 2.55. The SMILES string of the molecule is CC1=CC(=O)C2=C(CC3C(=CCC4C(=O)N(C5CCCCC5)C(=O)C43)C2c2ccc(OCCO)cc2)C1=O. The molecule has 0 aromatic heterocycles. The second kappa shape index (κ2) is 9.77. The van der Waals surface area contributed by atoms with E-state index in [0.29, 0.717) is 35.3 Å². The number of allylic oxidation sites excluding steroid dienone is 6. The van der Waals surface area contributed by atoms with E-state index in [4.69, 9.17) is 9.84 Å². The Bertz CT molecular complexity index is 1300. The first kappa shape index (κ1) is 25.0. The van der Waals surface area contributed by atoms with Crippen LogP contribution in [0.4, 0.5) is 0 Å². The second-order valence-electron chi connectivity index (χ2n) is 11.2. The van der Waals surface area contributed by atoms with Gasteiger partial charge in [-0.2, -0.15) is 0 Å². The number of hydrogen-bond acceptors (Lipinski definition) is 6. The van der Waals surface area contributed by atoms with Gasteiger partial charge in [-0.15, -0.1) is 0 Å². The Morgan fingerprint density at radius 1 is 0.974 bits per heavy atom. The Hall–Kier alpha value is -3.32. The normalized spacial score (nSPS) is 29.6. The molecular formula is C31H33NO6. The number of aliphatic hydroxyl groups is 1. The number of benzene rings is 1. The number of ketones is 2. The number of likely N-dealkylation sites (tertiary alicyclic amines) is 1. The summed E-state index contributed by atoms with van der Waals surface area (Å²) in [6.07, 6.45) is 9.19. The number of fused-ring (bicyclic) bond motifs is 3. The molecule has 2 fully saturated rings. The van der Waals surface area contributed by atoms with Gasteiger partial charge in [0.1, 0.15) is 12.4 Å². The molecule has 7 heteroatoms. The number of nitrogens with zero attached hydrogens (tertiary/aromatic N) is 1. The van der Waals surface area contributed by atoms with E-state index in [1.807, 2.05) is 12.1 Å². The van der Waals surface area contributed by atoms with Crippen LogP contribution in [0.3, 0.4) is 0 Å². The first-order chi connectivity index (χ1) is 18.4. The van der Waals surface area contributed by atoms with E-state index in [9.17, 15) is 19.2 Å². The molecule has 5 aliphatic rings. The molecule has 1 heterocycles. The lowest BCUT2D eigenvalue weighted by Gasteiger charge is -2.42. The summed E-state index contributed by atoms with van der Waals surface area (Å²) in [5.41, 5.74) is 3.21. The fraction of sp³-hybridized carbons (Fsp3) is 0.484. The number of ether oxygens (including phenoxy) is 1. The molecule has 1 aliphatic heterocycles. The summed E-state index contributed by atoms with van der Waals surface area (Å²) in [6, 6.07) is 7.34. The van der Waals surface area contributed by atoms with Gasteiger partial charge < -0.3 is 9.84 Å². The highest BCUT2D eigenvalue weighted by molar-refractivity contribution is 6.23. The maximum atomic E-state index is 13.9. The third-order valence-corrected chi connectivity index (χ3v) is 9.11. The Kier molecular flexibility index (Phi) is 6.42. The number of carbonyl (C=O) groups is 4. The molecule has 198 valence electrons. The molecule has 0 bridgehead atoms. The zero-order chi connectivity index (χ0) is 26.6. The van der Waals surface area contributed by atoms with Gasteiger partial charge in [-0.3, -0.25) is 24.1 Å². The van der Waals surface area contributed by atoms with E-state index >= 15 is 0 Å². The van der Waals surface area contributed by atoms with Crippen LogP contribution >= 0.6 is 0 Å². The van der Waals surface area contributed by atoms with E-state index < -0.39 is 17.8 Å². The van der Waals surface area contributed by atoms with Crippen LogP contribution in [0, 0.1) is 17.8 Å². The Morgan fingerprint density at radius 2 is 1.71 bits per heavy atom. The number of carbonyl (C=O) groups excluding carboxylic acids is 4. The van der Waals surface area contributed by atoms with Gasteiger partial charge in [-0.1, -0.05) is 43.0 Å². The van der Waals surface area contributed by atoms with Crippen molar-refractivity contribution in [2.45, 2.75) is 63.8 Å². The van der Waals surface area contributed by atoms with E-state index in [-0.39, 0.29) is 48.6 Å². The molecule has 4 unspecified atom stereocenters. The standard InChI is InChI=1S/C31H33NO6/c1-17-15-25(34)28-24(29(17)35)16-23-21(26(28)18-7-9-20(10-8-18)38-14-13-33)11-12-22-27(23)31(37)32(30(22)36)19-5-3-2-4-6-19/h7-11,15,19,22-23,26-27,33H,2-6,12-14,16H2,1H3. The predicted molar refractivity (Wildman–Crippen MR) is 139 cm³/mol. The highest BCUT2D eigenvalue weighted by Gasteiger charge is 2.57. The van der Waals surface area contributed by atoms with Gasteiger partial charge in [0.25, 0.3) is 0 Å². The molecule has 1 aromatic rings. The van der Waals surface area contributed by atoms with Gasteiger partial charge in [0.15, 0.2) is 11.6 Å². The number of rotatable bonds is 5. The van der Waals surface area contributed by atoms with Crippen LogP contribution in [0.25, 0.3) is 0 Å². The van der Waals surface area contributed by atoms with Crippen molar-refractivity contribution in [3.63, 3.8) is 0 Å². The van der Waals surface area contributed by atoms with Crippen molar-refractivity contribution in [1.29, 1.82) is 0 Å². The maximum absolute atomic E-state index is 13.9. The first-order valence-corrected chi connectivity index (χ1v) is 13.8. The van der Waals surface area contributed by atoms with Gasteiger partial charge in [0, 0.05) is 28.7 Å². The summed E-state index contributed by atoms with van der Waals surface area (Å²) < 4.78 is 5.52. The molecule has 38 heavy (non-hydrogen) atoms. The summed E-state index contributed by atoms with van der Waals surface area (Å²) in [5.74, 6) is -1.52. The van der Waals surface area contributed by atoms with Crippen molar-refractivity contribution in [2.24, 2.45) is 17.8 Å². The topological polar surface area (TPSA) is 101 Å². The third-order valence-electron chi connectivity index (χ3n) is 9.11. The average molecular weight is 516 g/mol. The van der Waals surface area contributed by atoms with Crippen LogP contribution in [-0.4, -0.2) is 52.6 Å². The number of amides is 2. The lowest BCUT2D eigenvalue weighted by atomic mass is 9.59. The minimum atomic E-state index is -0.498. The minimum Gasteiger partial charge on any atom is -0.491 e. The number of Topliss-reactive ketones (excluding diaryl/α,β-unsaturated/α-hetero) is 1. The molecule has 7 nitrogen and oxygen atoms in total. The number of imide groups is 1. The largest absolute Gasteiger partial charge is 0.491 e. The molecule has 4 aliphatic carbocycles. The van der Waals surface area contributed by atoms with Crippen molar-refractivity contribution in [1.82, 2.24) is 4.90 Å². The molecule has 0 radical (unpaired) electrons. The van der Waals surface area contributed by atoms with Gasteiger partial charge in [0.05, 0.1) is 18.4 Å². The minimum absolute atomic E-state index is 0.0264. The van der Waals surface area contributed by atoms with E-state index in [1.165, 1.54) is 6.08 Å². The number of hydrogen-bond donors (Lipinski definition) is 1. The van der Waals surface area contributed by atoms with E-state index in [0.717, 1.165) is 43.2 Å². The quantitative estimate of drug-likeness (QED) is 0.364. The first-order valence-electron chi connectivity index (χ1n) is 13.8. The number of aliphatic hydroxyl groups excluding tert-OH is 1. The van der Waals surface area contributed by atoms with E-state index in [1.54, 1.807) is 24.0 Å². The van der Waals surface area contributed by atoms with Crippen molar-refractivity contribution in [2.75, 3.05) is 13.2 Å². The highest BCUT2D eigenvalue weighted by atomic mass is 16.5. The maximum Gasteiger partial charge on any atom is 0.233 e. The Morgan fingerprint density at radius 3 is 2.42 bits per heavy atom. The molecule has 1 aromatic carbocycles. The molecule has 6 rings (SSSR count). The lowest BCUT2D eigenvalue weighted by molar-refractivity contribution is -0.143. The van der Waals surface area contributed by atoms with Gasteiger partial charge >= 0.3 is 0 Å². The fourth-order valence-electron chi connectivity index (χ4n) is 7.40. The van der Waals surface area contributed by atoms with Crippen molar-refractivity contribution in [3.8, 4) is 5.75 Å². The fourth-order valence-corrected chi connectivity index (χ4v) is 7.40. The van der Waals surface area contributed by atoms with Gasteiger partial charge in [-0.25, -0.2) is 0 Å². The zero-order valence-corrected chi connectivity index (χ0v) is 21.7. The van der Waals surface area contributed by atoms with Crippen LogP contribution in [0.15, 0.2) is 58.7 Å². The lowest BCUT2D eigenvalue weighted by Crippen LogP contribution is -2.43. The van der Waals surface area contributed by atoms with Crippen LogP contribution in [0.5, 0.6) is 5.75 Å². The molecule has 4 atom stereocenters. The molecule has 2 amide bonds. The average Bonchev–Trinajstić information content (AvgIpc) is 3.19. The van der Waals surface area contributed by atoms with Crippen molar-refractivity contribution in [3.05, 3.63) is 64.3 Å². The summed E-state index contributed by atoms with van der Waals surface area (Å²) >= 11 is 0.